The van der Waals surface area contributed by atoms with Gasteiger partial charge in [-0.25, -0.2) is 4.39 Å². The van der Waals surface area contributed by atoms with Crippen LogP contribution in [0.4, 0.5) is 4.39 Å². The standard InChI is InChI=1S/C15H16FN3O3/c1-22-14(20)7-13-15(21)18-4-5-19(13)9-11-6-10(8-17)2-3-12(11)16/h2-3,6,13H,4-5,7,9H2,1H3,(H,18,21)/t13-/m1/s1. The molecule has 0 aliphatic carbocycles. The van der Waals surface area contributed by atoms with Crippen LogP contribution in [0.15, 0.2) is 18.2 Å². The normalized spacial score (nSPS) is 18.4. The van der Waals surface area contributed by atoms with Crippen LogP contribution < -0.4 is 5.32 Å². The molecule has 1 aliphatic heterocycles. The summed E-state index contributed by atoms with van der Waals surface area (Å²) in [6.07, 6.45) is -0.0953. The highest BCUT2D eigenvalue weighted by atomic mass is 19.1. The molecule has 1 saturated heterocycles. The van der Waals surface area contributed by atoms with Crippen LogP contribution in [0, 0.1) is 17.1 Å². The minimum absolute atomic E-state index is 0.0953. The van der Waals surface area contributed by atoms with Gasteiger partial charge in [-0.3, -0.25) is 14.5 Å². The summed E-state index contributed by atoms with van der Waals surface area (Å²) < 4.78 is 18.5. The van der Waals surface area contributed by atoms with Gasteiger partial charge < -0.3 is 10.1 Å². The lowest BCUT2D eigenvalue weighted by atomic mass is 10.1. The Morgan fingerprint density at radius 2 is 2.36 bits per heavy atom. The largest absolute Gasteiger partial charge is 0.469 e. The van der Waals surface area contributed by atoms with E-state index in [1.165, 1.54) is 25.3 Å². The quantitative estimate of drug-likeness (QED) is 0.822. The Hall–Kier alpha value is -2.46. The first-order chi connectivity index (χ1) is 10.5. The van der Waals surface area contributed by atoms with Crippen LogP contribution in [0.1, 0.15) is 17.5 Å². The molecule has 0 saturated carbocycles. The van der Waals surface area contributed by atoms with E-state index < -0.39 is 17.8 Å². The van der Waals surface area contributed by atoms with Crippen molar-refractivity contribution in [1.29, 1.82) is 5.26 Å². The summed E-state index contributed by atoms with van der Waals surface area (Å²) in [5.74, 6) is -1.23. The second-order valence-corrected chi connectivity index (χ2v) is 4.98. The topological polar surface area (TPSA) is 82.4 Å². The molecular formula is C15H16FN3O3. The third-order valence-electron chi connectivity index (χ3n) is 3.58. The van der Waals surface area contributed by atoms with Crippen molar-refractivity contribution < 1.29 is 18.7 Å². The Bertz CT molecular complexity index is 627. The summed E-state index contributed by atoms with van der Waals surface area (Å²) in [6.45, 7) is 1.07. The lowest BCUT2D eigenvalue weighted by molar-refractivity contribution is -0.146. The second kappa shape index (κ2) is 7.00. The fourth-order valence-electron chi connectivity index (χ4n) is 2.40. The number of nitriles is 1. The highest BCUT2D eigenvalue weighted by Crippen LogP contribution is 2.17. The molecule has 0 aromatic heterocycles. The van der Waals surface area contributed by atoms with Gasteiger partial charge in [0.05, 0.1) is 25.2 Å². The SMILES string of the molecule is COC(=O)C[C@@H]1C(=O)NCCN1Cc1cc(C#N)ccc1F. The third-order valence-corrected chi connectivity index (χ3v) is 3.58. The monoisotopic (exact) mass is 305 g/mol. The number of piperazine rings is 1. The number of amides is 1. The summed E-state index contributed by atoms with van der Waals surface area (Å²) in [6, 6.07) is 5.33. The molecule has 0 spiro atoms. The molecule has 1 fully saturated rings. The van der Waals surface area contributed by atoms with Gasteiger partial charge in [0.25, 0.3) is 0 Å². The van der Waals surface area contributed by atoms with Crippen molar-refractivity contribution in [3.05, 3.63) is 35.1 Å². The third kappa shape index (κ3) is 3.59. The van der Waals surface area contributed by atoms with Gasteiger partial charge in [-0.05, 0) is 18.2 Å². The van der Waals surface area contributed by atoms with Crippen LogP contribution in [0.2, 0.25) is 0 Å². The first-order valence-electron chi connectivity index (χ1n) is 6.82. The number of hydrogen-bond acceptors (Lipinski definition) is 5. The van der Waals surface area contributed by atoms with Crippen LogP contribution in [0.3, 0.4) is 0 Å². The summed E-state index contributed by atoms with van der Waals surface area (Å²) in [5, 5.41) is 11.6. The van der Waals surface area contributed by atoms with Crippen LogP contribution in [0.5, 0.6) is 0 Å². The average molecular weight is 305 g/mol. The predicted molar refractivity (Wildman–Crippen MR) is 75.0 cm³/mol. The molecule has 1 N–H and O–H groups in total. The van der Waals surface area contributed by atoms with Crippen molar-refractivity contribution in [2.45, 2.75) is 19.0 Å². The maximum absolute atomic E-state index is 13.9. The van der Waals surface area contributed by atoms with Crippen molar-refractivity contribution in [3.8, 4) is 6.07 Å². The first kappa shape index (κ1) is 15.9. The number of hydrogen-bond donors (Lipinski definition) is 1. The molecule has 0 unspecified atom stereocenters. The van der Waals surface area contributed by atoms with Gasteiger partial charge in [0, 0.05) is 25.2 Å². The maximum Gasteiger partial charge on any atom is 0.307 e. The number of halogens is 1. The molecule has 22 heavy (non-hydrogen) atoms. The molecule has 1 amide bonds. The number of nitrogens with one attached hydrogen (secondary N) is 1. The number of nitrogens with zero attached hydrogens (tertiary/aromatic N) is 2. The lowest BCUT2D eigenvalue weighted by Crippen LogP contribution is -2.55. The number of carbonyl (C=O) groups excluding carboxylic acids is 2. The van der Waals surface area contributed by atoms with E-state index in [9.17, 15) is 14.0 Å². The second-order valence-electron chi connectivity index (χ2n) is 4.98. The zero-order chi connectivity index (χ0) is 16.1. The minimum Gasteiger partial charge on any atom is -0.469 e. The van der Waals surface area contributed by atoms with Crippen LogP contribution >= 0.6 is 0 Å². The van der Waals surface area contributed by atoms with E-state index in [0.717, 1.165) is 0 Å². The van der Waals surface area contributed by atoms with Gasteiger partial charge in [-0.1, -0.05) is 0 Å². The molecule has 1 aromatic carbocycles. The van der Waals surface area contributed by atoms with Gasteiger partial charge in [-0.2, -0.15) is 5.26 Å². The smallest absolute Gasteiger partial charge is 0.307 e. The van der Waals surface area contributed by atoms with E-state index >= 15 is 0 Å². The average Bonchev–Trinajstić information content (AvgIpc) is 2.52. The van der Waals surface area contributed by atoms with Gasteiger partial charge in [-0.15, -0.1) is 0 Å². The molecule has 2 rings (SSSR count). The molecule has 1 aliphatic rings. The molecular weight excluding hydrogens is 289 g/mol. The fourth-order valence-corrected chi connectivity index (χ4v) is 2.40. The van der Waals surface area contributed by atoms with E-state index in [2.05, 4.69) is 10.1 Å². The summed E-state index contributed by atoms with van der Waals surface area (Å²) >= 11 is 0. The number of rotatable bonds is 4. The van der Waals surface area contributed by atoms with E-state index in [1.807, 2.05) is 6.07 Å². The van der Waals surface area contributed by atoms with Crippen molar-refractivity contribution in [3.63, 3.8) is 0 Å². The van der Waals surface area contributed by atoms with E-state index in [1.54, 1.807) is 4.90 Å². The Labute approximate surface area is 127 Å². The van der Waals surface area contributed by atoms with Gasteiger partial charge in [0.15, 0.2) is 0 Å². The predicted octanol–water partition coefficient (Wildman–Crippen LogP) is 0.561. The number of carbonyl (C=O) groups is 2. The Balaban J connectivity index is 2.20. The van der Waals surface area contributed by atoms with Crippen LogP contribution in [0.25, 0.3) is 0 Å². The number of benzene rings is 1. The van der Waals surface area contributed by atoms with Crippen molar-refractivity contribution in [1.82, 2.24) is 10.2 Å². The maximum atomic E-state index is 13.9. The van der Waals surface area contributed by atoms with E-state index in [4.69, 9.17) is 5.26 Å². The molecule has 1 heterocycles. The number of esters is 1. The zero-order valence-corrected chi connectivity index (χ0v) is 12.1. The number of ether oxygens (including phenoxy) is 1. The zero-order valence-electron chi connectivity index (χ0n) is 12.1. The molecule has 1 atom stereocenters. The van der Waals surface area contributed by atoms with Gasteiger partial charge in [0.1, 0.15) is 11.9 Å². The lowest BCUT2D eigenvalue weighted by Gasteiger charge is -2.34. The molecule has 7 heteroatoms. The Morgan fingerprint density at radius 1 is 1.59 bits per heavy atom. The molecule has 6 nitrogen and oxygen atoms in total. The first-order valence-corrected chi connectivity index (χ1v) is 6.82. The van der Waals surface area contributed by atoms with E-state index in [-0.39, 0.29) is 18.9 Å². The van der Waals surface area contributed by atoms with Gasteiger partial charge in [0.2, 0.25) is 5.91 Å². The highest BCUT2D eigenvalue weighted by Gasteiger charge is 2.32. The Morgan fingerprint density at radius 3 is 3.05 bits per heavy atom. The molecule has 0 radical (unpaired) electrons. The minimum atomic E-state index is -0.702. The number of methoxy groups -OCH3 is 1. The Kier molecular flexibility index (Phi) is 5.07. The summed E-state index contributed by atoms with van der Waals surface area (Å²) in [5.41, 5.74) is 0.672. The molecule has 116 valence electrons. The van der Waals surface area contributed by atoms with Crippen molar-refractivity contribution >= 4 is 11.9 Å². The van der Waals surface area contributed by atoms with Crippen LogP contribution in [-0.4, -0.2) is 43.0 Å². The van der Waals surface area contributed by atoms with Crippen LogP contribution in [-0.2, 0) is 20.9 Å². The molecule has 1 aromatic rings. The van der Waals surface area contributed by atoms with E-state index in [0.29, 0.717) is 24.2 Å². The van der Waals surface area contributed by atoms with Crippen molar-refractivity contribution in [2.24, 2.45) is 0 Å². The fraction of sp³-hybridized carbons (Fsp3) is 0.400. The van der Waals surface area contributed by atoms with Gasteiger partial charge >= 0.3 is 5.97 Å². The molecule has 0 bridgehead atoms. The highest BCUT2D eigenvalue weighted by molar-refractivity contribution is 5.87. The summed E-state index contributed by atoms with van der Waals surface area (Å²) in [7, 11) is 1.25. The summed E-state index contributed by atoms with van der Waals surface area (Å²) in [4.78, 5) is 25.1. The van der Waals surface area contributed by atoms with Crippen molar-refractivity contribution in [2.75, 3.05) is 20.2 Å².